The molecule has 2 N–H and O–H groups in total. The fourth-order valence-corrected chi connectivity index (χ4v) is 2.84. The minimum absolute atomic E-state index is 0.224. The molecule has 2 rings (SSSR count). The van der Waals surface area contributed by atoms with Gasteiger partial charge in [-0.05, 0) is 18.9 Å². The van der Waals surface area contributed by atoms with E-state index < -0.39 is 11.2 Å². The summed E-state index contributed by atoms with van der Waals surface area (Å²) in [6, 6.07) is 7.96. The lowest BCUT2D eigenvalue weighted by molar-refractivity contribution is -0.138. The summed E-state index contributed by atoms with van der Waals surface area (Å²) in [6.45, 7) is 3.99. The van der Waals surface area contributed by atoms with E-state index in [-0.39, 0.29) is 12.3 Å². The van der Waals surface area contributed by atoms with Crippen LogP contribution in [0.25, 0.3) is 0 Å². The zero-order valence-electron chi connectivity index (χ0n) is 12.4. The van der Waals surface area contributed by atoms with Crippen LogP contribution in [-0.2, 0) is 9.59 Å². The van der Waals surface area contributed by atoms with Crippen LogP contribution in [-0.4, -0.2) is 33.1 Å². The van der Waals surface area contributed by atoms with E-state index in [0.717, 1.165) is 23.0 Å². The fraction of sp³-hybridized carbons (Fsp3) is 0.333. The highest BCUT2D eigenvalue weighted by Crippen LogP contribution is 2.22. The molecular weight excluding hydrogens is 302 g/mol. The fourth-order valence-electron chi connectivity index (χ4n) is 1.93. The maximum Gasteiger partial charge on any atom is 0.305 e. The zero-order valence-corrected chi connectivity index (χ0v) is 13.2. The molecule has 1 aliphatic rings. The Hall–Kier alpha value is -2.15. The first-order valence-corrected chi connectivity index (χ1v) is 7.78. The van der Waals surface area contributed by atoms with Gasteiger partial charge in [0.05, 0.1) is 12.1 Å². The summed E-state index contributed by atoms with van der Waals surface area (Å²) < 4.78 is 0. The minimum atomic E-state index is -1.01. The third-order valence-electron chi connectivity index (χ3n) is 3.12. The summed E-state index contributed by atoms with van der Waals surface area (Å²) >= 11 is 1.10. The number of hydrogen-bond acceptors (Lipinski definition) is 5. The van der Waals surface area contributed by atoms with Gasteiger partial charge in [0, 0.05) is 0 Å². The van der Waals surface area contributed by atoms with Crippen LogP contribution in [0.2, 0.25) is 0 Å². The molecule has 0 unspecified atom stereocenters. The maximum absolute atomic E-state index is 11.6. The Labute approximate surface area is 132 Å². The number of carbonyl (C=O) groups excluding carboxylic acids is 1. The quantitative estimate of drug-likeness (QED) is 0.643. The molecule has 7 heteroatoms. The lowest BCUT2D eigenvalue weighted by Crippen LogP contribution is -2.26. The molecule has 1 amide bonds. The second-order valence-electron chi connectivity index (χ2n) is 4.87. The number of amides is 1. The summed E-state index contributed by atoms with van der Waals surface area (Å²) in [5.41, 5.74) is 2.96. The predicted molar refractivity (Wildman–Crippen MR) is 87.2 cm³/mol. The molecule has 1 saturated heterocycles. The first-order valence-electron chi connectivity index (χ1n) is 6.90. The molecule has 0 spiro atoms. The SMILES string of the molecule is CC/C(=N/N=C1\NC(=O)[C@@H](CC(=O)O)S1)c1ccc(C)cc1. The summed E-state index contributed by atoms with van der Waals surface area (Å²) in [6.07, 6.45) is 0.481. The van der Waals surface area contributed by atoms with Crippen molar-refractivity contribution in [2.75, 3.05) is 0 Å². The van der Waals surface area contributed by atoms with Gasteiger partial charge in [-0.25, -0.2) is 0 Å². The number of rotatable bonds is 5. The second kappa shape index (κ2) is 7.22. The van der Waals surface area contributed by atoms with Crippen molar-refractivity contribution >= 4 is 34.5 Å². The third kappa shape index (κ3) is 4.17. The van der Waals surface area contributed by atoms with Gasteiger partial charge in [0.15, 0.2) is 5.17 Å². The Morgan fingerprint density at radius 2 is 2.05 bits per heavy atom. The molecule has 6 nitrogen and oxygen atoms in total. The number of carbonyl (C=O) groups is 2. The molecule has 1 fully saturated rings. The van der Waals surface area contributed by atoms with E-state index in [1.54, 1.807) is 0 Å². The molecule has 1 atom stereocenters. The van der Waals surface area contributed by atoms with E-state index in [9.17, 15) is 9.59 Å². The summed E-state index contributed by atoms with van der Waals surface area (Å²) in [5.74, 6) is -1.35. The highest BCUT2D eigenvalue weighted by Gasteiger charge is 2.32. The number of benzene rings is 1. The van der Waals surface area contributed by atoms with E-state index >= 15 is 0 Å². The van der Waals surface area contributed by atoms with Gasteiger partial charge in [-0.15, -0.1) is 5.10 Å². The van der Waals surface area contributed by atoms with Gasteiger partial charge in [0.25, 0.3) is 0 Å². The molecular formula is C15H17N3O3S. The first-order chi connectivity index (χ1) is 10.5. The van der Waals surface area contributed by atoms with Crippen LogP contribution in [0.15, 0.2) is 34.5 Å². The molecule has 22 heavy (non-hydrogen) atoms. The average molecular weight is 319 g/mol. The van der Waals surface area contributed by atoms with Crippen molar-refractivity contribution in [3.05, 3.63) is 35.4 Å². The van der Waals surface area contributed by atoms with Crippen molar-refractivity contribution in [2.24, 2.45) is 10.2 Å². The smallest absolute Gasteiger partial charge is 0.305 e. The highest BCUT2D eigenvalue weighted by molar-refractivity contribution is 8.15. The van der Waals surface area contributed by atoms with Crippen LogP contribution in [0, 0.1) is 6.92 Å². The van der Waals surface area contributed by atoms with Crippen molar-refractivity contribution in [1.29, 1.82) is 0 Å². The number of nitrogens with zero attached hydrogens (tertiary/aromatic N) is 2. The van der Waals surface area contributed by atoms with E-state index in [2.05, 4.69) is 15.5 Å². The van der Waals surface area contributed by atoms with Crippen LogP contribution in [0.1, 0.15) is 30.9 Å². The molecule has 1 aromatic carbocycles. The summed E-state index contributed by atoms with van der Waals surface area (Å²) in [5, 5.41) is 19.2. The number of carboxylic acids is 1. The lowest BCUT2D eigenvalue weighted by atomic mass is 10.1. The number of thioether (sulfide) groups is 1. The van der Waals surface area contributed by atoms with Gasteiger partial charge >= 0.3 is 5.97 Å². The van der Waals surface area contributed by atoms with Crippen molar-refractivity contribution in [1.82, 2.24) is 5.32 Å². The number of carboxylic acid groups (broad SMARTS) is 1. The molecule has 1 aromatic rings. The van der Waals surface area contributed by atoms with Crippen molar-refractivity contribution < 1.29 is 14.7 Å². The summed E-state index contributed by atoms with van der Waals surface area (Å²) in [4.78, 5) is 22.3. The Kier molecular flexibility index (Phi) is 5.32. The Morgan fingerprint density at radius 3 is 2.64 bits per heavy atom. The van der Waals surface area contributed by atoms with E-state index in [1.807, 2.05) is 38.1 Å². The topological polar surface area (TPSA) is 91.1 Å². The molecule has 0 radical (unpaired) electrons. The average Bonchev–Trinajstić information content (AvgIpc) is 2.81. The Morgan fingerprint density at radius 1 is 1.36 bits per heavy atom. The van der Waals surface area contributed by atoms with Crippen molar-refractivity contribution in [3.8, 4) is 0 Å². The molecule has 0 bridgehead atoms. The number of amidine groups is 1. The van der Waals surface area contributed by atoms with Gasteiger partial charge in [-0.3, -0.25) is 9.59 Å². The standard InChI is InChI=1S/C15H17N3O3S/c1-3-11(10-6-4-9(2)5-7-10)17-18-15-16-14(21)12(22-15)8-13(19)20/h4-7,12H,3,8H2,1-2H3,(H,19,20)(H,16,18,21)/b17-11-/t12-/m1/s1. The summed E-state index contributed by atoms with van der Waals surface area (Å²) in [7, 11) is 0. The van der Waals surface area contributed by atoms with Crippen LogP contribution in [0.4, 0.5) is 0 Å². The van der Waals surface area contributed by atoms with Crippen molar-refractivity contribution in [2.45, 2.75) is 31.9 Å². The molecule has 0 aliphatic carbocycles. The number of aryl methyl sites for hydroxylation is 1. The largest absolute Gasteiger partial charge is 0.481 e. The minimum Gasteiger partial charge on any atom is -0.481 e. The van der Waals surface area contributed by atoms with Gasteiger partial charge in [-0.2, -0.15) is 5.10 Å². The lowest BCUT2D eigenvalue weighted by Gasteiger charge is -2.02. The molecule has 0 aromatic heterocycles. The van der Waals surface area contributed by atoms with Crippen molar-refractivity contribution in [3.63, 3.8) is 0 Å². The third-order valence-corrected chi connectivity index (χ3v) is 4.19. The monoisotopic (exact) mass is 319 g/mol. The Bertz CT molecular complexity index is 638. The zero-order chi connectivity index (χ0) is 16.1. The number of nitrogens with one attached hydrogen (secondary N) is 1. The van der Waals surface area contributed by atoms with Crippen LogP contribution in [0.3, 0.4) is 0 Å². The number of aliphatic carboxylic acids is 1. The molecule has 1 aliphatic heterocycles. The molecule has 116 valence electrons. The second-order valence-corrected chi connectivity index (χ2v) is 6.06. The normalized spacial score (nSPS) is 20.3. The van der Waals surface area contributed by atoms with E-state index in [0.29, 0.717) is 11.6 Å². The Balaban J connectivity index is 2.13. The first kappa shape index (κ1) is 16.2. The van der Waals surface area contributed by atoms with E-state index in [1.165, 1.54) is 5.56 Å². The van der Waals surface area contributed by atoms with E-state index in [4.69, 9.17) is 5.11 Å². The van der Waals surface area contributed by atoms with Crippen LogP contribution >= 0.6 is 11.8 Å². The molecule has 0 saturated carbocycles. The molecule has 1 heterocycles. The van der Waals surface area contributed by atoms with Gasteiger partial charge in [-0.1, -0.05) is 48.5 Å². The highest BCUT2D eigenvalue weighted by atomic mass is 32.2. The maximum atomic E-state index is 11.6. The van der Waals surface area contributed by atoms with Crippen LogP contribution < -0.4 is 5.32 Å². The van der Waals surface area contributed by atoms with Gasteiger partial charge in [0.1, 0.15) is 5.25 Å². The van der Waals surface area contributed by atoms with Gasteiger partial charge < -0.3 is 10.4 Å². The van der Waals surface area contributed by atoms with Gasteiger partial charge in [0.2, 0.25) is 5.91 Å². The predicted octanol–water partition coefficient (Wildman–Crippen LogP) is 2.17. The van der Waals surface area contributed by atoms with Crippen LogP contribution in [0.5, 0.6) is 0 Å². The number of hydrogen-bond donors (Lipinski definition) is 2.